The van der Waals surface area contributed by atoms with Crippen molar-refractivity contribution in [3.63, 3.8) is 0 Å². The Bertz CT molecular complexity index is 349. The van der Waals surface area contributed by atoms with Crippen LogP contribution in [0.15, 0.2) is 23.0 Å². The van der Waals surface area contributed by atoms with Gasteiger partial charge in [0.1, 0.15) is 0 Å². The van der Waals surface area contributed by atoms with Gasteiger partial charge in [-0.05, 0) is 27.0 Å². The molecule has 0 aliphatic carbocycles. The first kappa shape index (κ1) is 14.7. The predicted octanol–water partition coefficient (Wildman–Crippen LogP) is 0.953. The van der Waals surface area contributed by atoms with Crippen LogP contribution in [-0.4, -0.2) is 36.5 Å². The van der Waals surface area contributed by atoms with Crippen LogP contribution in [-0.2, 0) is 11.3 Å². The van der Waals surface area contributed by atoms with Gasteiger partial charge in [-0.25, -0.2) is 0 Å². The number of rotatable bonds is 7. The number of nitrogens with one attached hydrogen (secondary N) is 1. The molecule has 1 rings (SSSR count). The summed E-state index contributed by atoms with van der Waals surface area (Å²) in [6.45, 7) is 5.09. The molecule has 0 fully saturated rings. The topological polar surface area (TPSA) is 71.5 Å². The molecule has 0 bridgehead atoms. The summed E-state index contributed by atoms with van der Waals surface area (Å²) in [7, 11) is 1.97. The van der Waals surface area contributed by atoms with Crippen LogP contribution in [0.1, 0.15) is 25.8 Å². The molecule has 1 heterocycles. The largest absolute Gasteiger partial charge is 0.472 e. The number of carbonyl (C=O) groups excluding carboxylic acids is 1. The smallest absolute Gasteiger partial charge is 0.221 e. The summed E-state index contributed by atoms with van der Waals surface area (Å²) in [5.74, 6) is 0.0412. The lowest BCUT2D eigenvalue weighted by Crippen LogP contribution is -2.42. The molecule has 3 N–H and O–H groups in total. The highest BCUT2D eigenvalue weighted by Crippen LogP contribution is 2.08. The highest BCUT2D eigenvalue weighted by Gasteiger charge is 2.18. The van der Waals surface area contributed by atoms with E-state index in [1.807, 2.05) is 27.0 Å². The standard InChI is InChI=1S/C13H23N3O2/c1-10(2)15-13(17)6-12(7-14)16(3)8-11-4-5-18-9-11/h4-5,9-10,12H,6-8,14H2,1-3H3,(H,15,17). The Morgan fingerprint density at radius 1 is 1.56 bits per heavy atom. The molecule has 0 saturated carbocycles. The van der Waals surface area contributed by atoms with E-state index in [1.54, 1.807) is 12.5 Å². The Kier molecular flexibility index (Phi) is 5.88. The monoisotopic (exact) mass is 253 g/mol. The third-order valence-electron chi connectivity index (χ3n) is 2.78. The number of likely N-dealkylation sites (N-methyl/N-ethyl adjacent to an activating group) is 1. The molecule has 1 aromatic rings. The number of nitrogens with zero attached hydrogens (tertiary/aromatic N) is 1. The molecule has 0 saturated heterocycles. The Balaban J connectivity index is 2.46. The summed E-state index contributed by atoms with van der Waals surface area (Å²) in [5.41, 5.74) is 6.82. The Morgan fingerprint density at radius 3 is 2.78 bits per heavy atom. The molecule has 0 aliphatic rings. The van der Waals surface area contributed by atoms with Gasteiger partial charge in [-0.15, -0.1) is 0 Å². The van der Waals surface area contributed by atoms with Crippen molar-refractivity contribution < 1.29 is 9.21 Å². The van der Waals surface area contributed by atoms with Crippen molar-refractivity contribution in [3.8, 4) is 0 Å². The lowest BCUT2D eigenvalue weighted by molar-refractivity contribution is -0.122. The van der Waals surface area contributed by atoms with Crippen LogP contribution < -0.4 is 11.1 Å². The van der Waals surface area contributed by atoms with E-state index in [-0.39, 0.29) is 18.0 Å². The second-order valence-corrected chi connectivity index (χ2v) is 4.86. The molecule has 1 unspecified atom stereocenters. The molecule has 1 aromatic heterocycles. The van der Waals surface area contributed by atoms with Crippen LogP contribution in [0.25, 0.3) is 0 Å². The molecule has 1 atom stereocenters. The van der Waals surface area contributed by atoms with E-state index in [4.69, 9.17) is 10.2 Å². The van der Waals surface area contributed by atoms with Gasteiger partial charge in [-0.3, -0.25) is 9.69 Å². The Labute approximate surface area is 108 Å². The lowest BCUT2D eigenvalue weighted by atomic mass is 10.1. The summed E-state index contributed by atoms with van der Waals surface area (Å²) < 4.78 is 5.03. The minimum atomic E-state index is 0.0404. The normalized spacial score (nSPS) is 13.0. The molecule has 5 heteroatoms. The minimum absolute atomic E-state index is 0.0404. The lowest BCUT2D eigenvalue weighted by Gasteiger charge is -2.26. The molecule has 5 nitrogen and oxygen atoms in total. The SMILES string of the molecule is CC(C)NC(=O)CC(CN)N(C)Cc1ccoc1. The van der Waals surface area contributed by atoms with Gasteiger partial charge in [-0.1, -0.05) is 0 Å². The van der Waals surface area contributed by atoms with Gasteiger partial charge in [0.15, 0.2) is 0 Å². The van der Waals surface area contributed by atoms with Gasteiger partial charge in [0.05, 0.1) is 12.5 Å². The maximum atomic E-state index is 11.7. The van der Waals surface area contributed by atoms with Gasteiger partial charge in [0.2, 0.25) is 5.91 Å². The van der Waals surface area contributed by atoms with E-state index < -0.39 is 0 Å². The molecule has 0 aromatic carbocycles. The second-order valence-electron chi connectivity index (χ2n) is 4.86. The number of nitrogens with two attached hydrogens (primary N) is 1. The number of carbonyl (C=O) groups is 1. The van der Waals surface area contributed by atoms with Crippen LogP contribution in [0.5, 0.6) is 0 Å². The van der Waals surface area contributed by atoms with Crippen molar-refractivity contribution in [3.05, 3.63) is 24.2 Å². The fourth-order valence-electron chi connectivity index (χ4n) is 1.81. The van der Waals surface area contributed by atoms with Gasteiger partial charge >= 0.3 is 0 Å². The van der Waals surface area contributed by atoms with E-state index in [1.165, 1.54) is 0 Å². The van der Waals surface area contributed by atoms with Crippen LogP contribution in [0.3, 0.4) is 0 Å². The van der Waals surface area contributed by atoms with Crippen molar-refractivity contribution in [1.82, 2.24) is 10.2 Å². The van der Waals surface area contributed by atoms with E-state index in [9.17, 15) is 4.79 Å². The van der Waals surface area contributed by atoms with E-state index in [2.05, 4.69) is 10.2 Å². The first-order chi connectivity index (χ1) is 8.52. The molecule has 18 heavy (non-hydrogen) atoms. The maximum absolute atomic E-state index is 11.7. The zero-order chi connectivity index (χ0) is 13.5. The second kappa shape index (κ2) is 7.18. The first-order valence-electron chi connectivity index (χ1n) is 6.23. The predicted molar refractivity (Wildman–Crippen MR) is 70.9 cm³/mol. The average Bonchev–Trinajstić information content (AvgIpc) is 2.77. The first-order valence-corrected chi connectivity index (χ1v) is 6.23. The van der Waals surface area contributed by atoms with Crippen molar-refractivity contribution in [2.75, 3.05) is 13.6 Å². The third-order valence-corrected chi connectivity index (χ3v) is 2.78. The molecule has 1 amide bonds. The summed E-state index contributed by atoms with van der Waals surface area (Å²) in [5, 5.41) is 2.88. The van der Waals surface area contributed by atoms with Crippen LogP contribution >= 0.6 is 0 Å². The van der Waals surface area contributed by atoms with Gasteiger partial charge in [0, 0.05) is 37.2 Å². The molecular weight excluding hydrogens is 230 g/mol. The van der Waals surface area contributed by atoms with Gasteiger partial charge in [-0.2, -0.15) is 0 Å². The summed E-state index contributed by atoms with van der Waals surface area (Å²) in [6.07, 6.45) is 3.77. The van der Waals surface area contributed by atoms with Crippen molar-refractivity contribution >= 4 is 5.91 Å². The number of amides is 1. The number of hydrogen-bond acceptors (Lipinski definition) is 4. The Hall–Kier alpha value is -1.33. The average molecular weight is 253 g/mol. The quantitative estimate of drug-likeness (QED) is 0.759. The summed E-state index contributed by atoms with van der Waals surface area (Å²) >= 11 is 0. The van der Waals surface area contributed by atoms with Gasteiger partial charge in [0.25, 0.3) is 0 Å². The fraction of sp³-hybridized carbons (Fsp3) is 0.615. The van der Waals surface area contributed by atoms with Gasteiger partial charge < -0.3 is 15.5 Å². The van der Waals surface area contributed by atoms with Crippen LogP contribution in [0.2, 0.25) is 0 Å². The minimum Gasteiger partial charge on any atom is -0.472 e. The van der Waals surface area contributed by atoms with E-state index in [0.717, 1.165) is 12.1 Å². The Morgan fingerprint density at radius 2 is 2.28 bits per heavy atom. The maximum Gasteiger partial charge on any atom is 0.221 e. The summed E-state index contributed by atoms with van der Waals surface area (Å²) in [4.78, 5) is 13.8. The fourth-order valence-corrected chi connectivity index (χ4v) is 1.81. The number of hydrogen-bond donors (Lipinski definition) is 2. The third kappa shape index (κ3) is 4.89. The van der Waals surface area contributed by atoms with Crippen LogP contribution in [0, 0.1) is 0 Å². The molecule has 0 spiro atoms. The number of furan rings is 1. The van der Waals surface area contributed by atoms with Crippen molar-refractivity contribution in [2.45, 2.75) is 38.9 Å². The molecule has 0 radical (unpaired) electrons. The zero-order valence-electron chi connectivity index (χ0n) is 11.3. The molecule has 102 valence electrons. The highest BCUT2D eigenvalue weighted by molar-refractivity contribution is 5.76. The van der Waals surface area contributed by atoms with E-state index >= 15 is 0 Å². The van der Waals surface area contributed by atoms with Crippen molar-refractivity contribution in [2.24, 2.45) is 5.73 Å². The summed E-state index contributed by atoms with van der Waals surface area (Å²) in [6, 6.07) is 2.12. The van der Waals surface area contributed by atoms with Crippen molar-refractivity contribution in [1.29, 1.82) is 0 Å². The molecular formula is C13H23N3O2. The molecule has 0 aliphatic heterocycles. The highest BCUT2D eigenvalue weighted by atomic mass is 16.3. The van der Waals surface area contributed by atoms with Crippen LogP contribution in [0.4, 0.5) is 0 Å². The zero-order valence-corrected chi connectivity index (χ0v) is 11.3. The van der Waals surface area contributed by atoms with E-state index in [0.29, 0.717) is 13.0 Å².